The van der Waals surface area contributed by atoms with Crippen LogP contribution in [0.4, 0.5) is 36.3 Å². The molecule has 0 aliphatic heterocycles. The van der Waals surface area contributed by atoms with E-state index in [1.807, 2.05) is 20.8 Å². The molecule has 3 aromatic rings. The summed E-state index contributed by atoms with van der Waals surface area (Å²) in [5.41, 5.74) is -0.336. The van der Waals surface area contributed by atoms with Gasteiger partial charge in [0.15, 0.2) is 0 Å². The Hall–Kier alpha value is -2.90. The number of benzene rings is 1. The molecule has 0 spiro atoms. The minimum absolute atomic E-state index is 0.0807. The van der Waals surface area contributed by atoms with E-state index >= 15 is 0 Å². The van der Waals surface area contributed by atoms with E-state index in [0.717, 1.165) is 17.2 Å². The smallest absolute Gasteiger partial charge is 0.339 e. The third-order valence-electron chi connectivity index (χ3n) is 4.22. The number of thioether (sulfide) groups is 1. The van der Waals surface area contributed by atoms with E-state index in [2.05, 4.69) is 30.3 Å². The molecule has 3 N–H and O–H groups in total. The van der Waals surface area contributed by atoms with Crippen molar-refractivity contribution in [1.29, 1.82) is 0 Å². The third-order valence-corrected chi connectivity index (χ3v) is 6.82. The van der Waals surface area contributed by atoms with Crippen LogP contribution in [-0.4, -0.2) is 35.2 Å². The molecule has 182 valence electrons. The van der Waals surface area contributed by atoms with Crippen molar-refractivity contribution in [2.75, 3.05) is 17.7 Å². The SMILES string of the molecule is CNS(=O)(=O)c1ccc(SC(C)(C)C)c(Nc2cc(Nc3ccc(C(F)(F)F)cn3)ncn2)c1. The lowest BCUT2D eigenvalue weighted by molar-refractivity contribution is -0.137. The lowest BCUT2D eigenvalue weighted by Crippen LogP contribution is -2.18. The van der Waals surface area contributed by atoms with Gasteiger partial charge in [0, 0.05) is 21.9 Å². The zero-order valence-electron chi connectivity index (χ0n) is 18.7. The fraction of sp³-hybridized carbons (Fsp3) is 0.286. The number of sulfonamides is 1. The molecule has 0 amide bonds. The summed E-state index contributed by atoms with van der Waals surface area (Å²) in [6, 6.07) is 8.39. The summed E-state index contributed by atoms with van der Waals surface area (Å²) in [6.07, 6.45) is -2.48. The molecule has 0 atom stereocenters. The molecule has 0 fully saturated rings. The van der Waals surface area contributed by atoms with Crippen LogP contribution in [0, 0.1) is 0 Å². The Morgan fingerprint density at radius 2 is 1.56 bits per heavy atom. The fourth-order valence-corrected chi connectivity index (χ4v) is 4.48. The van der Waals surface area contributed by atoms with Gasteiger partial charge in [0.25, 0.3) is 0 Å². The molecular weight excluding hydrogens is 489 g/mol. The Labute approximate surface area is 199 Å². The first-order valence-electron chi connectivity index (χ1n) is 9.93. The highest BCUT2D eigenvalue weighted by Crippen LogP contribution is 2.39. The van der Waals surface area contributed by atoms with E-state index in [-0.39, 0.29) is 21.3 Å². The van der Waals surface area contributed by atoms with Crippen molar-refractivity contribution in [1.82, 2.24) is 19.7 Å². The molecule has 0 unspecified atom stereocenters. The Kier molecular flexibility index (Phi) is 7.38. The predicted octanol–water partition coefficient (Wildman–Crippen LogP) is 5.18. The molecule has 34 heavy (non-hydrogen) atoms. The van der Waals surface area contributed by atoms with Crippen LogP contribution in [0.2, 0.25) is 0 Å². The highest BCUT2D eigenvalue weighted by Gasteiger charge is 2.30. The van der Waals surface area contributed by atoms with Crippen molar-refractivity contribution in [2.24, 2.45) is 0 Å². The van der Waals surface area contributed by atoms with Crippen molar-refractivity contribution in [3.63, 3.8) is 0 Å². The van der Waals surface area contributed by atoms with Gasteiger partial charge in [-0.05, 0) is 37.4 Å². The van der Waals surface area contributed by atoms with Crippen LogP contribution in [-0.2, 0) is 16.2 Å². The highest BCUT2D eigenvalue weighted by molar-refractivity contribution is 8.00. The minimum atomic E-state index is -4.48. The lowest BCUT2D eigenvalue weighted by atomic mass is 10.3. The number of halogens is 3. The molecule has 1 aromatic carbocycles. The van der Waals surface area contributed by atoms with Crippen molar-refractivity contribution < 1.29 is 21.6 Å². The van der Waals surface area contributed by atoms with Gasteiger partial charge >= 0.3 is 6.18 Å². The standard InChI is InChI=1S/C21H23F3N6O2S2/c1-20(2,3)33-16-7-6-14(34(31,32)25-4)9-15(16)29-18-10-19(28-12-27-18)30-17-8-5-13(11-26-17)21(22,23)24/h5-12,25H,1-4H3,(H2,26,27,28,29,30). The zero-order chi connectivity index (χ0) is 25.1. The van der Waals surface area contributed by atoms with Crippen LogP contribution in [0.25, 0.3) is 0 Å². The van der Waals surface area contributed by atoms with E-state index < -0.39 is 21.8 Å². The summed E-state index contributed by atoms with van der Waals surface area (Å²) in [5.74, 6) is 0.802. The van der Waals surface area contributed by atoms with Crippen LogP contribution >= 0.6 is 11.8 Å². The summed E-state index contributed by atoms with van der Waals surface area (Å²) in [5, 5.41) is 5.94. The van der Waals surface area contributed by atoms with Gasteiger partial charge in [0.2, 0.25) is 10.0 Å². The molecule has 0 saturated carbocycles. The summed E-state index contributed by atoms with van der Waals surface area (Å²) in [7, 11) is -2.34. The van der Waals surface area contributed by atoms with Gasteiger partial charge in [-0.3, -0.25) is 0 Å². The zero-order valence-corrected chi connectivity index (χ0v) is 20.4. The van der Waals surface area contributed by atoms with E-state index in [9.17, 15) is 21.6 Å². The maximum absolute atomic E-state index is 12.7. The van der Waals surface area contributed by atoms with Gasteiger partial charge in [0.1, 0.15) is 23.8 Å². The Morgan fingerprint density at radius 1 is 0.882 bits per heavy atom. The Bertz CT molecular complexity index is 1260. The van der Waals surface area contributed by atoms with Crippen LogP contribution in [0.3, 0.4) is 0 Å². The highest BCUT2D eigenvalue weighted by atomic mass is 32.2. The number of rotatable bonds is 7. The number of alkyl halides is 3. The van der Waals surface area contributed by atoms with E-state index in [1.165, 1.54) is 37.6 Å². The summed E-state index contributed by atoms with van der Waals surface area (Å²) >= 11 is 1.54. The van der Waals surface area contributed by atoms with Gasteiger partial charge < -0.3 is 10.6 Å². The molecular formula is C21H23F3N6O2S2. The average Bonchev–Trinajstić information content (AvgIpc) is 2.74. The summed E-state index contributed by atoms with van der Waals surface area (Å²) < 4.78 is 64.9. The Balaban J connectivity index is 1.89. The summed E-state index contributed by atoms with van der Waals surface area (Å²) in [4.78, 5) is 12.9. The van der Waals surface area contributed by atoms with Crippen LogP contribution in [0.1, 0.15) is 26.3 Å². The number of anilines is 4. The lowest BCUT2D eigenvalue weighted by Gasteiger charge is -2.21. The predicted molar refractivity (Wildman–Crippen MR) is 126 cm³/mol. The van der Waals surface area contributed by atoms with Crippen molar-refractivity contribution in [2.45, 2.75) is 41.5 Å². The molecule has 0 aliphatic rings. The van der Waals surface area contributed by atoms with Gasteiger partial charge in [-0.2, -0.15) is 13.2 Å². The number of nitrogens with one attached hydrogen (secondary N) is 3. The van der Waals surface area contributed by atoms with Crippen LogP contribution < -0.4 is 15.4 Å². The van der Waals surface area contributed by atoms with Crippen LogP contribution in [0.15, 0.2) is 58.7 Å². The number of aromatic nitrogens is 3. The molecule has 0 saturated heterocycles. The first-order chi connectivity index (χ1) is 15.8. The third kappa shape index (κ3) is 6.81. The van der Waals surface area contributed by atoms with E-state index in [0.29, 0.717) is 11.5 Å². The number of pyridine rings is 1. The molecule has 8 nitrogen and oxygen atoms in total. The van der Waals surface area contributed by atoms with Crippen molar-refractivity contribution >= 4 is 44.9 Å². The molecule has 0 bridgehead atoms. The van der Waals surface area contributed by atoms with Crippen molar-refractivity contribution in [3.05, 3.63) is 54.5 Å². The Morgan fingerprint density at radius 3 is 2.12 bits per heavy atom. The topological polar surface area (TPSA) is 109 Å². The average molecular weight is 513 g/mol. The molecule has 2 heterocycles. The minimum Gasteiger partial charge on any atom is -0.339 e. The normalized spacial score (nSPS) is 12.4. The van der Waals surface area contributed by atoms with Crippen LogP contribution in [0.5, 0.6) is 0 Å². The maximum Gasteiger partial charge on any atom is 0.417 e. The van der Waals surface area contributed by atoms with Gasteiger partial charge in [-0.1, -0.05) is 20.8 Å². The molecule has 2 aromatic heterocycles. The molecule has 0 aliphatic carbocycles. The van der Waals surface area contributed by atoms with Crippen molar-refractivity contribution in [3.8, 4) is 0 Å². The molecule has 0 radical (unpaired) electrons. The largest absolute Gasteiger partial charge is 0.417 e. The first kappa shape index (κ1) is 25.7. The van der Waals surface area contributed by atoms with Gasteiger partial charge in [0.05, 0.1) is 16.1 Å². The molecule has 3 rings (SSSR count). The number of hydrogen-bond donors (Lipinski definition) is 3. The van der Waals surface area contributed by atoms with Gasteiger partial charge in [-0.25, -0.2) is 28.1 Å². The van der Waals surface area contributed by atoms with Gasteiger partial charge in [-0.15, -0.1) is 11.8 Å². The second-order valence-corrected chi connectivity index (χ2v) is 11.8. The first-order valence-corrected chi connectivity index (χ1v) is 12.2. The number of nitrogens with zero attached hydrogens (tertiary/aromatic N) is 3. The second kappa shape index (κ2) is 9.76. The monoisotopic (exact) mass is 512 g/mol. The van der Waals surface area contributed by atoms with E-state index in [1.54, 1.807) is 17.8 Å². The molecule has 13 heteroatoms. The maximum atomic E-state index is 12.7. The second-order valence-electron chi connectivity index (χ2n) is 8.05. The van der Waals surface area contributed by atoms with E-state index in [4.69, 9.17) is 0 Å². The fourth-order valence-electron chi connectivity index (χ4n) is 2.71. The number of hydrogen-bond acceptors (Lipinski definition) is 8. The summed E-state index contributed by atoms with van der Waals surface area (Å²) in [6.45, 7) is 6.09. The quantitative estimate of drug-likeness (QED) is 0.372.